The molecule has 112 valence electrons. The average Bonchev–Trinajstić information content (AvgIpc) is 2.47. The number of phenolic OH excluding ortho intramolecular Hbond substituents is 1. The number of hydrogen-bond acceptors (Lipinski definition) is 4. The van der Waals surface area contributed by atoms with Crippen molar-refractivity contribution in [3.8, 4) is 11.5 Å². The van der Waals surface area contributed by atoms with E-state index < -0.39 is 0 Å². The number of hydrogen-bond donors (Lipinski definition) is 2. The summed E-state index contributed by atoms with van der Waals surface area (Å²) in [4.78, 5) is 0. The van der Waals surface area contributed by atoms with Crippen molar-refractivity contribution in [3.05, 3.63) is 53.6 Å². The van der Waals surface area contributed by atoms with Crippen LogP contribution in [0, 0.1) is 6.92 Å². The summed E-state index contributed by atoms with van der Waals surface area (Å²) in [5.74, 6) is 1.09. The molecule has 0 radical (unpaired) electrons. The van der Waals surface area contributed by atoms with Gasteiger partial charge in [0.15, 0.2) is 0 Å². The highest BCUT2D eigenvalue weighted by Crippen LogP contribution is 2.26. The molecule has 0 unspecified atom stereocenters. The van der Waals surface area contributed by atoms with Gasteiger partial charge in [0.2, 0.25) is 0 Å². The Kier molecular flexibility index (Phi) is 5.46. The molecular formula is C17H21NO3. The number of phenols is 1. The molecule has 2 aromatic rings. The van der Waals surface area contributed by atoms with Crippen molar-refractivity contribution >= 4 is 5.69 Å². The van der Waals surface area contributed by atoms with Gasteiger partial charge < -0.3 is 19.9 Å². The van der Waals surface area contributed by atoms with E-state index in [2.05, 4.69) is 5.32 Å². The first-order chi connectivity index (χ1) is 10.2. The predicted octanol–water partition coefficient (Wildman–Crippen LogP) is 3.34. The van der Waals surface area contributed by atoms with Gasteiger partial charge in [0.05, 0.1) is 12.3 Å². The Morgan fingerprint density at radius 2 is 1.95 bits per heavy atom. The molecular weight excluding hydrogens is 266 g/mol. The van der Waals surface area contributed by atoms with Crippen molar-refractivity contribution in [1.29, 1.82) is 0 Å². The van der Waals surface area contributed by atoms with Gasteiger partial charge in [0.25, 0.3) is 0 Å². The van der Waals surface area contributed by atoms with Gasteiger partial charge in [-0.05, 0) is 42.3 Å². The van der Waals surface area contributed by atoms with Crippen molar-refractivity contribution in [2.24, 2.45) is 0 Å². The number of aryl methyl sites for hydroxylation is 1. The van der Waals surface area contributed by atoms with Gasteiger partial charge in [-0.2, -0.15) is 0 Å². The Labute approximate surface area is 125 Å². The highest BCUT2D eigenvalue weighted by atomic mass is 16.5. The molecule has 2 aromatic carbocycles. The van der Waals surface area contributed by atoms with E-state index in [1.54, 1.807) is 19.2 Å². The van der Waals surface area contributed by atoms with Crippen LogP contribution in [0.2, 0.25) is 0 Å². The Bertz CT molecular complexity index is 584. The number of methoxy groups -OCH3 is 1. The maximum absolute atomic E-state index is 9.48. The van der Waals surface area contributed by atoms with Gasteiger partial charge in [-0.3, -0.25) is 0 Å². The summed E-state index contributed by atoms with van der Waals surface area (Å²) in [6.45, 7) is 3.72. The van der Waals surface area contributed by atoms with Crippen LogP contribution < -0.4 is 10.1 Å². The number of anilines is 1. The molecule has 21 heavy (non-hydrogen) atoms. The zero-order valence-corrected chi connectivity index (χ0v) is 12.4. The quantitative estimate of drug-likeness (QED) is 0.767. The second-order valence-corrected chi connectivity index (χ2v) is 4.86. The smallest absolute Gasteiger partial charge is 0.142 e. The molecule has 0 aliphatic rings. The molecule has 2 rings (SSSR count). The van der Waals surface area contributed by atoms with Gasteiger partial charge in [-0.15, -0.1) is 0 Å². The summed E-state index contributed by atoms with van der Waals surface area (Å²) >= 11 is 0. The average molecular weight is 287 g/mol. The molecule has 0 aliphatic heterocycles. The number of benzene rings is 2. The van der Waals surface area contributed by atoms with E-state index in [0.29, 0.717) is 19.8 Å². The normalized spacial score (nSPS) is 10.4. The first-order valence-electron chi connectivity index (χ1n) is 6.93. The molecule has 0 heterocycles. The van der Waals surface area contributed by atoms with Crippen molar-refractivity contribution in [2.45, 2.75) is 13.5 Å². The van der Waals surface area contributed by atoms with E-state index in [9.17, 15) is 5.11 Å². The van der Waals surface area contributed by atoms with E-state index in [0.717, 1.165) is 22.6 Å². The monoisotopic (exact) mass is 287 g/mol. The number of aromatic hydroxyl groups is 1. The fraction of sp³-hybridized carbons (Fsp3) is 0.294. The Morgan fingerprint density at radius 3 is 2.71 bits per heavy atom. The molecule has 0 aliphatic carbocycles. The zero-order chi connectivity index (χ0) is 15.1. The molecule has 0 saturated heterocycles. The molecule has 2 N–H and O–H groups in total. The highest BCUT2D eigenvalue weighted by Gasteiger charge is 2.04. The van der Waals surface area contributed by atoms with Crippen LogP contribution in [-0.4, -0.2) is 25.4 Å². The van der Waals surface area contributed by atoms with Crippen LogP contribution in [0.5, 0.6) is 11.5 Å². The second-order valence-electron chi connectivity index (χ2n) is 4.86. The molecule has 4 heteroatoms. The largest absolute Gasteiger partial charge is 0.508 e. The summed E-state index contributed by atoms with van der Waals surface area (Å²) in [5.41, 5.74) is 3.09. The Balaban J connectivity index is 2.04. The van der Waals surface area contributed by atoms with Crippen molar-refractivity contribution in [2.75, 3.05) is 25.6 Å². The van der Waals surface area contributed by atoms with Crippen LogP contribution in [0.1, 0.15) is 11.1 Å². The first kappa shape index (κ1) is 15.2. The fourth-order valence-corrected chi connectivity index (χ4v) is 1.99. The van der Waals surface area contributed by atoms with Crippen LogP contribution in [-0.2, 0) is 11.3 Å². The molecule has 0 saturated carbocycles. The summed E-state index contributed by atoms with van der Waals surface area (Å²) < 4.78 is 10.7. The van der Waals surface area contributed by atoms with Crippen molar-refractivity contribution < 1.29 is 14.6 Å². The van der Waals surface area contributed by atoms with Crippen LogP contribution in [0.25, 0.3) is 0 Å². The lowest BCUT2D eigenvalue weighted by Gasteiger charge is -2.14. The van der Waals surface area contributed by atoms with Crippen LogP contribution >= 0.6 is 0 Å². The molecule has 0 spiro atoms. The maximum Gasteiger partial charge on any atom is 0.142 e. The molecule has 0 fully saturated rings. The minimum absolute atomic E-state index is 0.273. The fourth-order valence-electron chi connectivity index (χ4n) is 1.99. The molecule has 0 atom stereocenters. The molecule has 0 amide bonds. The zero-order valence-electron chi connectivity index (χ0n) is 12.4. The second kappa shape index (κ2) is 7.55. The van der Waals surface area contributed by atoms with Crippen LogP contribution in [0.4, 0.5) is 5.69 Å². The van der Waals surface area contributed by atoms with E-state index in [-0.39, 0.29) is 5.75 Å². The van der Waals surface area contributed by atoms with Gasteiger partial charge in [0, 0.05) is 13.7 Å². The standard InChI is InChI=1S/C17H21NO3/c1-13-6-7-16(17(10-13)21-9-8-20-2)18-12-14-4-3-5-15(19)11-14/h3-7,10-11,18-19H,8-9,12H2,1-2H3. The Morgan fingerprint density at radius 1 is 1.10 bits per heavy atom. The molecule has 4 nitrogen and oxygen atoms in total. The lowest BCUT2D eigenvalue weighted by molar-refractivity contribution is 0.146. The summed E-state index contributed by atoms with van der Waals surface area (Å²) in [6, 6.07) is 13.2. The summed E-state index contributed by atoms with van der Waals surface area (Å²) in [5, 5.41) is 12.8. The lowest BCUT2D eigenvalue weighted by Crippen LogP contribution is -2.07. The molecule has 0 aromatic heterocycles. The summed E-state index contributed by atoms with van der Waals surface area (Å²) in [7, 11) is 1.65. The topological polar surface area (TPSA) is 50.7 Å². The van der Waals surface area contributed by atoms with Gasteiger partial charge in [-0.25, -0.2) is 0 Å². The number of rotatable bonds is 7. The van der Waals surface area contributed by atoms with Gasteiger partial charge in [0.1, 0.15) is 18.1 Å². The maximum atomic E-state index is 9.48. The lowest BCUT2D eigenvalue weighted by atomic mass is 10.2. The first-order valence-corrected chi connectivity index (χ1v) is 6.93. The third-order valence-corrected chi connectivity index (χ3v) is 3.08. The SMILES string of the molecule is COCCOc1cc(C)ccc1NCc1cccc(O)c1. The van der Waals surface area contributed by atoms with Gasteiger partial charge in [-0.1, -0.05) is 18.2 Å². The van der Waals surface area contributed by atoms with Gasteiger partial charge >= 0.3 is 0 Å². The molecule has 0 bridgehead atoms. The van der Waals surface area contributed by atoms with Crippen LogP contribution in [0.3, 0.4) is 0 Å². The minimum Gasteiger partial charge on any atom is -0.508 e. The van der Waals surface area contributed by atoms with E-state index in [1.807, 2.05) is 37.3 Å². The predicted molar refractivity (Wildman–Crippen MR) is 84.0 cm³/mol. The third-order valence-electron chi connectivity index (χ3n) is 3.08. The number of nitrogens with one attached hydrogen (secondary N) is 1. The minimum atomic E-state index is 0.273. The van der Waals surface area contributed by atoms with Crippen molar-refractivity contribution in [3.63, 3.8) is 0 Å². The Hall–Kier alpha value is -2.20. The highest BCUT2D eigenvalue weighted by molar-refractivity contribution is 5.58. The summed E-state index contributed by atoms with van der Waals surface area (Å²) in [6.07, 6.45) is 0. The number of ether oxygens (including phenoxy) is 2. The van der Waals surface area contributed by atoms with Crippen molar-refractivity contribution in [1.82, 2.24) is 0 Å². The third kappa shape index (κ3) is 4.68. The van der Waals surface area contributed by atoms with E-state index >= 15 is 0 Å². The van der Waals surface area contributed by atoms with Crippen LogP contribution in [0.15, 0.2) is 42.5 Å². The van der Waals surface area contributed by atoms with E-state index in [1.165, 1.54) is 0 Å². The van der Waals surface area contributed by atoms with E-state index in [4.69, 9.17) is 9.47 Å².